The van der Waals surface area contributed by atoms with Gasteiger partial charge in [-0.25, -0.2) is 0 Å². The fourth-order valence-corrected chi connectivity index (χ4v) is 5.71. The fraction of sp³-hybridized carbons (Fsp3) is 0.211. The molecule has 0 atom stereocenters. The van der Waals surface area contributed by atoms with E-state index in [4.69, 9.17) is 29.2 Å². The van der Waals surface area contributed by atoms with Gasteiger partial charge >= 0.3 is 11.9 Å². The number of ether oxygens (including phenoxy) is 4. The first-order valence-corrected chi connectivity index (χ1v) is 19.8. The van der Waals surface area contributed by atoms with Crippen molar-refractivity contribution in [2.45, 2.75) is 0 Å². The maximum atomic E-state index is 13.0. The summed E-state index contributed by atoms with van der Waals surface area (Å²) in [5, 5.41) is 37.0. The van der Waals surface area contributed by atoms with Gasteiger partial charge in [0, 0.05) is 0 Å². The predicted molar refractivity (Wildman–Crippen MR) is 229 cm³/mol. The zero-order valence-corrected chi connectivity index (χ0v) is 35.5. The summed E-state index contributed by atoms with van der Waals surface area (Å²) >= 11 is 3.75. The second kappa shape index (κ2) is 20.9. The smallest absolute Gasteiger partial charge is 0.322 e. The number of azo groups is 1. The fourth-order valence-electron chi connectivity index (χ4n) is 5.33. The van der Waals surface area contributed by atoms with Crippen LogP contribution in [0.5, 0.6) is 23.0 Å². The van der Waals surface area contributed by atoms with Gasteiger partial charge in [-0.05, 0) is 70.8 Å². The number of carbonyl (C=O) groups excluding carboxylic acids is 4. The highest BCUT2D eigenvalue weighted by Gasteiger charge is 2.21. The van der Waals surface area contributed by atoms with Gasteiger partial charge in [-0.3, -0.25) is 28.8 Å². The molecule has 4 amide bonds. The monoisotopic (exact) mass is 1020 g/mol. The van der Waals surface area contributed by atoms with E-state index in [1.807, 2.05) is 45.2 Å². The Kier molecular flexibility index (Phi) is 16.1. The zero-order valence-electron chi connectivity index (χ0n) is 31.2. The maximum Gasteiger partial charge on any atom is 0.322 e. The molecule has 0 aromatic heterocycles. The number of nitrogens with one attached hydrogen (secondary N) is 4. The van der Waals surface area contributed by atoms with E-state index in [2.05, 4.69) is 31.5 Å². The lowest BCUT2D eigenvalue weighted by molar-refractivity contribution is -0.136. The Morgan fingerprint density at radius 1 is 0.534 bits per heavy atom. The minimum Gasteiger partial charge on any atom is -0.494 e. The second-order valence-electron chi connectivity index (χ2n) is 11.7. The summed E-state index contributed by atoms with van der Waals surface area (Å²) in [5.41, 5.74) is 2.79. The second-order valence-corrected chi connectivity index (χ2v) is 13.2. The van der Waals surface area contributed by atoms with Gasteiger partial charge in [-0.1, -0.05) is 57.3 Å². The van der Waals surface area contributed by atoms with E-state index in [9.17, 15) is 28.8 Å². The van der Waals surface area contributed by atoms with Crippen LogP contribution in [0.15, 0.2) is 70.9 Å². The molecule has 6 N–H and O–H groups in total. The molecule has 0 fully saturated rings. The summed E-state index contributed by atoms with van der Waals surface area (Å²) in [5.74, 6) is -3.77. The molecule has 0 aliphatic carbocycles. The van der Waals surface area contributed by atoms with E-state index >= 15 is 0 Å². The Bertz CT molecular complexity index is 2080. The molecule has 58 heavy (non-hydrogen) atoms. The van der Waals surface area contributed by atoms with Crippen LogP contribution in [-0.4, -0.2) is 96.2 Å². The first kappa shape index (κ1) is 44.7. The third kappa shape index (κ3) is 11.3. The van der Waals surface area contributed by atoms with Crippen LogP contribution >= 0.6 is 45.2 Å². The molecule has 18 nitrogen and oxygen atoms in total. The Morgan fingerprint density at radius 3 is 1.14 bits per heavy atom. The van der Waals surface area contributed by atoms with Crippen LogP contribution in [0.4, 0.5) is 22.7 Å². The van der Waals surface area contributed by atoms with Crippen LogP contribution in [0, 0.1) is 0 Å². The van der Waals surface area contributed by atoms with Crippen LogP contribution in [0.1, 0.15) is 20.7 Å². The van der Waals surface area contributed by atoms with E-state index in [1.54, 1.807) is 36.4 Å². The van der Waals surface area contributed by atoms with Crippen molar-refractivity contribution in [1.29, 1.82) is 0 Å². The van der Waals surface area contributed by atoms with E-state index in [0.717, 1.165) is 0 Å². The third-order valence-electron chi connectivity index (χ3n) is 8.00. The summed E-state index contributed by atoms with van der Waals surface area (Å²) < 4.78 is 22.9. The molecular weight excluding hydrogens is 986 g/mol. The number of hydrogen-bond acceptors (Lipinski definition) is 12. The summed E-state index contributed by atoms with van der Waals surface area (Å²) in [6, 6.07) is 15.9. The number of anilines is 2. The van der Waals surface area contributed by atoms with Crippen molar-refractivity contribution in [3.05, 3.63) is 71.8 Å². The van der Waals surface area contributed by atoms with Crippen molar-refractivity contribution < 1.29 is 57.9 Å². The first-order valence-electron chi connectivity index (χ1n) is 16.7. The number of hydrogen-bond donors (Lipinski definition) is 6. The first-order chi connectivity index (χ1) is 27.8. The van der Waals surface area contributed by atoms with Crippen LogP contribution in [0.25, 0.3) is 22.3 Å². The van der Waals surface area contributed by atoms with Crippen molar-refractivity contribution in [2.24, 2.45) is 10.2 Å². The van der Waals surface area contributed by atoms with Gasteiger partial charge < -0.3 is 50.4 Å². The minimum absolute atomic E-state index is 0.0258. The van der Waals surface area contributed by atoms with Crippen molar-refractivity contribution in [3.8, 4) is 45.3 Å². The number of halogens is 2. The quantitative estimate of drug-likeness (QED) is 0.0390. The van der Waals surface area contributed by atoms with Crippen molar-refractivity contribution in [2.75, 3.05) is 61.0 Å². The van der Waals surface area contributed by atoms with Crippen molar-refractivity contribution in [3.63, 3.8) is 0 Å². The van der Waals surface area contributed by atoms with Crippen LogP contribution in [-0.2, 0) is 19.2 Å². The average Bonchev–Trinajstić information content (AvgIpc) is 3.23. The lowest BCUT2D eigenvalue weighted by Crippen LogP contribution is -2.30. The molecule has 304 valence electrons. The van der Waals surface area contributed by atoms with Gasteiger partial charge in [0.2, 0.25) is 11.8 Å². The van der Waals surface area contributed by atoms with Crippen LogP contribution in [0.2, 0.25) is 0 Å². The average molecular weight is 1020 g/mol. The van der Waals surface area contributed by atoms with E-state index < -0.39 is 36.8 Å². The molecule has 0 saturated heterocycles. The number of nitrogens with zero attached hydrogens (tertiary/aromatic N) is 2. The molecule has 0 unspecified atom stereocenters. The van der Waals surface area contributed by atoms with Crippen LogP contribution < -0.4 is 40.2 Å². The number of carboxylic acids is 2. The van der Waals surface area contributed by atoms with E-state index in [1.165, 1.54) is 52.7 Å². The molecule has 0 aliphatic heterocycles. The number of carbonyl (C=O) groups is 6. The number of rotatable bonds is 18. The molecule has 4 rings (SSSR count). The molecule has 0 saturated carbocycles. The number of carboxylic acid groups (broad SMARTS) is 2. The number of alkyl halides is 2. The Hall–Kier alpha value is -6.04. The summed E-state index contributed by atoms with van der Waals surface area (Å²) in [4.78, 5) is 72.6. The van der Waals surface area contributed by atoms with Gasteiger partial charge in [0.1, 0.15) is 13.1 Å². The number of amides is 4. The third-order valence-corrected chi connectivity index (χ3v) is 9.38. The highest BCUT2D eigenvalue weighted by molar-refractivity contribution is 14.1. The summed E-state index contributed by atoms with van der Waals surface area (Å²) in [6.45, 7) is -1.27. The molecule has 0 aliphatic rings. The standard InChI is InChI=1S/C38H36I2N6O12/c1-55-27-11-21(19-5-7-25(43-31(47)15-39)23(9-19)37(53)41-17-33(49)50)12-28(56-2)35(27)45-46-36-29(57-3)13-22(14-30(36)58-4)20-6-8-26(44-32(48)16-40)24(10-20)38(54)42-18-34(51)52/h5-14H,15-18H2,1-4H3,(H,41,53)(H,42,54)(H,43,47)(H,44,48)(H,49,50)(H,51,52). The Labute approximate surface area is 358 Å². The van der Waals surface area contributed by atoms with Gasteiger partial charge in [0.15, 0.2) is 34.4 Å². The molecule has 4 aromatic carbocycles. The van der Waals surface area contributed by atoms with Gasteiger partial charge in [0.25, 0.3) is 11.8 Å². The summed E-state index contributed by atoms with van der Waals surface area (Å²) in [6.07, 6.45) is 0. The minimum atomic E-state index is -1.24. The molecule has 0 spiro atoms. The highest BCUT2D eigenvalue weighted by atomic mass is 127. The van der Waals surface area contributed by atoms with E-state index in [0.29, 0.717) is 22.3 Å². The van der Waals surface area contributed by atoms with Crippen molar-refractivity contribution in [1.82, 2.24) is 10.6 Å². The topological polar surface area (TPSA) is 253 Å². The Balaban J connectivity index is 1.77. The Morgan fingerprint density at radius 2 is 0.862 bits per heavy atom. The number of aliphatic carboxylic acids is 2. The van der Waals surface area contributed by atoms with E-state index in [-0.39, 0.29) is 77.5 Å². The normalized spacial score (nSPS) is 10.7. The van der Waals surface area contributed by atoms with Gasteiger partial charge in [-0.15, -0.1) is 10.2 Å². The summed E-state index contributed by atoms with van der Waals surface area (Å²) in [7, 11) is 5.65. The molecule has 0 radical (unpaired) electrons. The zero-order chi connectivity index (χ0) is 42.5. The maximum absolute atomic E-state index is 13.0. The van der Waals surface area contributed by atoms with Crippen LogP contribution in [0.3, 0.4) is 0 Å². The molecule has 0 heterocycles. The van der Waals surface area contributed by atoms with Gasteiger partial charge in [-0.2, -0.15) is 0 Å². The number of benzene rings is 4. The predicted octanol–water partition coefficient (Wildman–Crippen LogP) is 5.85. The lowest BCUT2D eigenvalue weighted by atomic mass is 10.00. The van der Waals surface area contributed by atoms with Crippen molar-refractivity contribution >= 4 is 103 Å². The molecule has 0 bridgehead atoms. The van der Waals surface area contributed by atoms with Gasteiger partial charge in [0.05, 0.1) is 59.8 Å². The lowest BCUT2D eigenvalue weighted by Gasteiger charge is -2.16. The molecular formula is C38H36I2N6O12. The largest absolute Gasteiger partial charge is 0.494 e. The highest BCUT2D eigenvalue weighted by Crippen LogP contribution is 2.46. The molecule has 20 heteroatoms. The molecule has 4 aromatic rings. The number of methoxy groups -OCH3 is 4. The SMILES string of the molecule is COc1cc(-c2ccc(NC(=O)CI)c(C(=O)NCC(=O)O)c2)cc(OC)c1N=Nc1c(OC)cc(-c2ccc(NC(=O)CI)c(C(=O)NCC(=O)O)c2)cc1OC.